The van der Waals surface area contributed by atoms with Crippen LogP contribution in [0.2, 0.25) is 0 Å². The monoisotopic (exact) mass is 331 g/mol. The molecule has 0 radical (unpaired) electrons. The molecule has 2 fully saturated rings. The van der Waals surface area contributed by atoms with Crippen molar-refractivity contribution in [2.45, 2.75) is 37.8 Å². The number of amides is 2. The van der Waals surface area contributed by atoms with E-state index in [-0.39, 0.29) is 24.1 Å². The lowest BCUT2D eigenvalue weighted by Crippen LogP contribution is -2.48. The molecule has 2 aliphatic heterocycles. The lowest BCUT2D eigenvalue weighted by molar-refractivity contribution is -0.141. The summed E-state index contributed by atoms with van der Waals surface area (Å²) in [6.07, 6.45) is 2.91. The zero-order chi connectivity index (χ0) is 16.9. The van der Waals surface area contributed by atoms with Crippen LogP contribution < -0.4 is 10.2 Å². The van der Waals surface area contributed by atoms with E-state index in [9.17, 15) is 9.59 Å². The summed E-state index contributed by atoms with van der Waals surface area (Å²) in [5, 5.41) is 3.34. The van der Waals surface area contributed by atoms with Crippen molar-refractivity contribution < 1.29 is 14.3 Å². The molecule has 6 nitrogen and oxygen atoms in total. The van der Waals surface area contributed by atoms with E-state index in [4.69, 9.17) is 4.74 Å². The number of para-hydroxylation sites is 1. The quantitative estimate of drug-likeness (QED) is 0.839. The van der Waals surface area contributed by atoms with Crippen LogP contribution >= 0.6 is 0 Å². The van der Waals surface area contributed by atoms with Crippen LogP contribution in [0.5, 0.6) is 0 Å². The van der Waals surface area contributed by atoms with Gasteiger partial charge in [0.05, 0.1) is 13.2 Å². The molecule has 2 heterocycles. The summed E-state index contributed by atoms with van der Waals surface area (Å²) in [5.41, 5.74) is 0.919. The third-order valence-electron chi connectivity index (χ3n) is 4.92. The number of hydrogen-bond donors (Lipinski definition) is 1. The van der Waals surface area contributed by atoms with Gasteiger partial charge in [0.1, 0.15) is 0 Å². The Kier molecular flexibility index (Phi) is 5.35. The first kappa shape index (κ1) is 16.8. The average molecular weight is 331 g/mol. The highest BCUT2D eigenvalue weighted by molar-refractivity contribution is 5.95. The van der Waals surface area contributed by atoms with Crippen molar-refractivity contribution in [1.82, 2.24) is 10.2 Å². The summed E-state index contributed by atoms with van der Waals surface area (Å²) in [5.74, 6) is -0.217. The fourth-order valence-electron chi connectivity index (χ4n) is 3.65. The lowest BCUT2D eigenvalue weighted by Gasteiger charge is -2.35. The van der Waals surface area contributed by atoms with Crippen LogP contribution in [-0.4, -0.2) is 55.7 Å². The van der Waals surface area contributed by atoms with Crippen molar-refractivity contribution in [2.24, 2.45) is 0 Å². The molecule has 24 heavy (non-hydrogen) atoms. The van der Waals surface area contributed by atoms with Gasteiger partial charge in [0.25, 0.3) is 0 Å². The maximum atomic E-state index is 13.0. The van der Waals surface area contributed by atoms with Gasteiger partial charge in [-0.1, -0.05) is 18.2 Å². The molecule has 0 aromatic heterocycles. The first-order valence-corrected chi connectivity index (χ1v) is 8.63. The summed E-state index contributed by atoms with van der Waals surface area (Å²) in [7, 11) is 1.41. The molecule has 1 unspecified atom stereocenters. The summed E-state index contributed by atoms with van der Waals surface area (Å²) in [6.45, 7) is 2.50. The fraction of sp³-hybridized carbons (Fsp3) is 0.556. The first-order valence-electron chi connectivity index (χ1n) is 8.63. The molecule has 0 aliphatic carbocycles. The third kappa shape index (κ3) is 3.53. The molecule has 3 rings (SSSR count). The topological polar surface area (TPSA) is 61.9 Å². The van der Waals surface area contributed by atoms with Gasteiger partial charge in [-0.15, -0.1) is 0 Å². The predicted molar refractivity (Wildman–Crippen MR) is 92.0 cm³/mol. The van der Waals surface area contributed by atoms with Crippen LogP contribution in [0, 0.1) is 0 Å². The van der Waals surface area contributed by atoms with Gasteiger partial charge in [-0.05, 0) is 44.5 Å². The van der Waals surface area contributed by atoms with E-state index in [0.29, 0.717) is 19.4 Å². The minimum absolute atomic E-state index is 0.0555. The van der Waals surface area contributed by atoms with Gasteiger partial charge in [-0.3, -0.25) is 9.69 Å². The van der Waals surface area contributed by atoms with Crippen LogP contribution in [-0.2, 0) is 9.53 Å². The van der Waals surface area contributed by atoms with Gasteiger partial charge in [0.15, 0.2) is 0 Å². The number of anilines is 1. The molecule has 0 bridgehead atoms. The zero-order valence-corrected chi connectivity index (χ0v) is 14.1. The van der Waals surface area contributed by atoms with E-state index in [0.717, 1.165) is 31.6 Å². The third-order valence-corrected chi connectivity index (χ3v) is 4.92. The van der Waals surface area contributed by atoms with E-state index >= 15 is 0 Å². The van der Waals surface area contributed by atoms with Crippen LogP contribution in [0.15, 0.2) is 30.3 Å². The highest BCUT2D eigenvalue weighted by Crippen LogP contribution is 2.30. The van der Waals surface area contributed by atoms with Crippen molar-refractivity contribution in [2.75, 3.05) is 31.6 Å². The molecule has 1 N–H and O–H groups in total. The SMILES string of the molecule is COC(=O)CCC1CN(c2ccccc2)C(=O)N1C1CCNCC1. The van der Waals surface area contributed by atoms with Crippen molar-refractivity contribution in [3.8, 4) is 0 Å². The van der Waals surface area contributed by atoms with Crippen molar-refractivity contribution in [3.63, 3.8) is 0 Å². The molecular weight excluding hydrogens is 306 g/mol. The molecule has 130 valence electrons. The Morgan fingerprint density at radius 2 is 1.96 bits per heavy atom. The second-order valence-corrected chi connectivity index (χ2v) is 6.39. The Morgan fingerprint density at radius 3 is 2.62 bits per heavy atom. The first-order chi connectivity index (χ1) is 11.7. The molecule has 0 spiro atoms. The molecule has 1 atom stereocenters. The zero-order valence-electron chi connectivity index (χ0n) is 14.1. The molecule has 2 aliphatic rings. The summed E-state index contributed by atoms with van der Waals surface area (Å²) >= 11 is 0. The summed E-state index contributed by atoms with van der Waals surface area (Å²) < 4.78 is 4.76. The Labute approximate surface area is 142 Å². The van der Waals surface area contributed by atoms with E-state index in [1.165, 1.54) is 7.11 Å². The average Bonchev–Trinajstić information content (AvgIpc) is 2.97. The number of hydrogen-bond acceptors (Lipinski definition) is 4. The standard InChI is InChI=1S/C18H25N3O3/c1-24-17(22)8-7-16-13-20(14-5-3-2-4-6-14)18(23)21(16)15-9-11-19-12-10-15/h2-6,15-16,19H,7-13H2,1H3. The number of nitrogens with zero attached hydrogens (tertiary/aromatic N) is 2. The maximum Gasteiger partial charge on any atom is 0.325 e. The number of urea groups is 1. The van der Waals surface area contributed by atoms with Crippen LogP contribution in [0.25, 0.3) is 0 Å². The number of nitrogens with one attached hydrogen (secondary N) is 1. The van der Waals surface area contributed by atoms with Gasteiger partial charge in [0, 0.05) is 24.7 Å². The number of ether oxygens (including phenoxy) is 1. The van der Waals surface area contributed by atoms with Gasteiger partial charge in [-0.2, -0.15) is 0 Å². The number of carbonyl (C=O) groups is 2. The van der Waals surface area contributed by atoms with Crippen LogP contribution in [0.1, 0.15) is 25.7 Å². The lowest BCUT2D eigenvalue weighted by atomic mass is 10.0. The normalized spacial score (nSPS) is 22.0. The Balaban J connectivity index is 1.78. The van der Waals surface area contributed by atoms with E-state index < -0.39 is 0 Å². The minimum Gasteiger partial charge on any atom is -0.469 e. The molecule has 2 saturated heterocycles. The molecule has 1 aromatic rings. The van der Waals surface area contributed by atoms with E-state index in [1.807, 2.05) is 40.1 Å². The Morgan fingerprint density at radius 1 is 1.25 bits per heavy atom. The molecule has 0 saturated carbocycles. The second kappa shape index (κ2) is 7.66. The summed E-state index contributed by atoms with van der Waals surface area (Å²) in [4.78, 5) is 28.4. The number of methoxy groups -OCH3 is 1. The molecule has 6 heteroatoms. The van der Waals surface area contributed by atoms with E-state index in [1.54, 1.807) is 0 Å². The smallest absolute Gasteiger partial charge is 0.325 e. The number of carbonyl (C=O) groups excluding carboxylic acids is 2. The largest absolute Gasteiger partial charge is 0.469 e. The maximum absolute atomic E-state index is 13.0. The second-order valence-electron chi connectivity index (χ2n) is 6.39. The molecule has 1 aromatic carbocycles. The van der Waals surface area contributed by atoms with Gasteiger partial charge in [0.2, 0.25) is 0 Å². The van der Waals surface area contributed by atoms with Gasteiger partial charge < -0.3 is 15.0 Å². The number of piperidine rings is 1. The van der Waals surface area contributed by atoms with Crippen molar-refractivity contribution in [3.05, 3.63) is 30.3 Å². The van der Waals surface area contributed by atoms with Crippen LogP contribution in [0.3, 0.4) is 0 Å². The fourth-order valence-corrected chi connectivity index (χ4v) is 3.65. The van der Waals surface area contributed by atoms with Gasteiger partial charge >= 0.3 is 12.0 Å². The molecule has 2 amide bonds. The van der Waals surface area contributed by atoms with E-state index in [2.05, 4.69) is 5.32 Å². The molecular formula is C18H25N3O3. The number of benzene rings is 1. The van der Waals surface area contributed by atoms with Crippen molar-refractivity contribution in [1.29, 1.82) is 0 Å². The van der Waals surface area contributed by atoms with Crippen LogP contribution in [0.4, 0.5) is 10.5 Å². The summed E-state index contributed by atoms with van der Waals surface area (Å²) in [6, 6.07) is 10.1. The highest BCUT2D eigenvalue weighted by atomic mass is 16.5. The Bertz CT molecular complexity index is 572. The predicted octanol–water partition coefficient (Wildman–Crippen LogP) is 2.00. The number of rotatable bonds is 5. The minimum atomic E-state index is -0.217. The number of esters is 1. The Hall–Kier alpha value is -2.08. The highest BCUT2D eigenvalue weighted by Gasteiger charge is 2.41. The van der Waals surface area contributed by atoms with Gasteiger partial charge in [-0.25, -0.2) is 4.79 Å². The van der Waals surface area contributed by atoms with Crippen molar-refractivity contribution >= 4 is 17.7 Å².